The molecule has 0 amide bonds. The molecule has 1 aromatic carbocycles. The van der Waals surface area contributed by atoms with Gasteiger partial charge >= 0.3 is 0 Å². The van der Waals surface area contributed by atoms with Crippen LogP contribution >= 0.6 is 0 Å². The van der Waals surface area contributed by atoms with Crippen LogP contribution in [0, 0.1) is 0 Å². The molecular weight excluding hydrogens is 262 g/mol. The summed E-state index contributed by atoms with van der Waals surface area (Å²) < 4.78 is 11.0. The number of hydrogen-bond acceptors (Lipinski definition) is 4. The standard InChI is InChI=1S/C13H21N3O2S/c1-19(18)9-5-8-15-12(10-13(14)16-17)11-6-3-2-4-7-11/h2-4,6-7,12,15,17H,5,8-10H2,1H3,(H2,14,16). The molecule has 6 heteroatoms. The number of rotatable bonds is 8. The molecule has 4 N–H and O–H groups in total. The first-order valence-corrected chi connectivity index (χ1v) is 7.91. The molecule has 0 aromatic heterocycles. The van der Waals surface area contributed by atoms with Crippen molar-refractivity contribution in [2.24, 2.45) is 10.9 Å². The Morgan fingerprint density at radius 2 is 2.16 bits per heavy atom. The van der Waals surface area contributed by atoms with Crippen LogP contribution in [0.4, 0.5) is 0 Å². The van der Waals surface area contributed by atoms with Crippen LogP contribution in [-0.4, -0.2) is 33.8 Å². The molecule has 1 aromatic rings. The number of nitrogens with zero attached hydrogens (tertiary/aromatic N) is 1. The topological polar surface area (TPSA) is 87.7 Å². The lowest BCUT2D eigenvalue weighted by molar-refractivity contribution is 0.315. The minimum Gasteiger partial charge on any atom is -0.409 e. The van der Waals surface area contributed by atoms with E-state index in [0.717, 1.165) is 18.5 Å². The minimum atomic E-state index is -0.766. The third kappa shape index (κ3) is 6.35. The third-order valence-corrected chi connectivity index (χ3v) is 3.61. The molecule has 0 bridgehead atoms. The number of benzene rings is 1. The van der Waals surface area contributed by atoms with Crippen LogP contribution in [0.1, 0.15) is 24.4 Å². The van der Waals surface area contributed by atoms with Gasteiger partial charge in [0.1, 0.15) is 5.84 Å². The number of nitrogens with one attached hydrogen (secondary N) is 1. The summed E-state index contributed by atoms with van der Waals surface area (Å²) in [4.78, 5) is 0. The molecule has 19 heavy (non-hydrogen) atoms. The summed E-state index contributed by atoms with van der Waals surface area (Å²) in [6.07, 6.45) is 2.98. The molecule has 2 unspecified atom stereocenters. The van der Waals surface area contributed by atoms with Crippen molar-refractivity contribution in [1.82, 2.24) is 5.32 Å². The van der Waals surface area contributed by atoms with Gasteiger partial charge in [0.2, 0.25) is 0 Å². The van der Waals surface area contributed by atoms with Crippen molar-refractivity contribution < 1.29 is 9.42 Å². The second-order valence-electron chi connectivity index (χ2n) is 4.34. The van der Waals surface area contributed by atoms with Crippen LogP contribution in [0.15, 0.2) is 35.5 Å². The summed E-state index contributed by atoms with van der Waals surface area (Å²) in [6, 6.07) is 9.86. The zero-order chi connectivity index (χ0) is 14.1. The second kappa shape index (κ2) is 8.66. The van der Waals surface area contributed by atoms with E-state index in [2.05, 4.69) is 10.5 Å². The van der Waals surface area contributed by atoms with Gasteiger partial charge in [-0.15, -0.1) is 0 Å². The van der Waals surface area contributed by atoms with Gasteiger partial charge in [-0.1, -0.05) is 35.5 Å². The maximum Gasteiger partial charge on any atom is 0.141 e. The highest BCUT2D eigenvalue weighted by molar-refractivity contribution is 7.84. The number of hydrogen-bond donors (Lipinski definition) is 3. The molecule has 0 aliphatic heterocycles. The first-order valence-electron chi connectivity index (χ1n) is 6.18. The van der Waals surface area contributed by atoms with Gasteiger partial charge in [-0.25, -0.2) is 0 Å². The fraction of sp³-hybridized carbons (Fsp3) is 0.462. The second-order valence-corrected chi connectivity index (χ2v) is 5.90. The number of nitrogens with two attached hydrogens (primary N) is 1. The van der Waals surface area contributed by atoms with Gasteiger partial charge in [0.25, 0.3) is 0 Å². The van der Waals surface area contributed by atoms with Crippen LogP contribution in [0.3, 0.4) is 0 Å². The maximum atomic E-state index is 11.0. The molecule has 1 rings (SSSR count). The Morgan fingerprint density at radius 3 is 2.74 bits per heavy atom. The predicted octanol–water partition coefficient (Wildman–Crippen LogP) is 1.22. The first-order chi connectivity index (χ1) is 9.13. The van der Waals surface area contributed by atoms with Gasteiger partial charge in [0.15, 0.2) is 0 Å². The lowest BCUT2D eigenvalue weighted by atomic mass is 10.0. The average molecular weight is 283 g/mol. The highest BCUT2D eigenvalue weighted by Gasteiger charge is 2.12. The van der Waals surface area contributed by atoms with Crippen molar-refractivity contribution in [1.29, 1.82) is 0 Å². The maximum absolute atomic E-state index is 11.0. The summed E-state index contributed by atoms with van der Waals surface area (Å²) in [5.41, 5.74) is 6.66. The van der Waals surface area contributed by atoms with E-state index < -0.39 is 10.8 Å². The molecule has 0 heterocycles. The van der Waals surface area contributed by atoms with Gasteiger partial charge in [-0.2, -0.15) is 0 Å². The number of oxime groups is 1. The van der Waals surface area contributed by atoms with Crippen molar-refractivity contribution in [2.45, 2.75) is 18.9 Å². The molecule has 106 valence electrons. The van der Waals surface area contributed by atoms with Gasteiger partial charge in [0, 0.05) is 35.3 Å². The zero-order valence-electron chi connectivity index (χ0n) is 11.1. The minimum absolute atomic E-state index is 0.00221. The summed E-state index contributed by atoms with van der Waals surface area (Å²) in [5.74, 6) is 0.873. The van der Waals surface area contributed by atoms with E-state index in [1.54, 1.807) is 6.26 Å². The number of amidine groups is 1. The SMILES string of the molecule is CS(=O)CCCNC(C/C(N)=N/O)c1ccccc1. The van der Waals surface area contributed by atoms with Crippen molar-refractivity contribution in [3.63, 3.8) is 0 Å². The van der Waals surface area contributed by atoms with Crippen molar-refractivity contribution in [3.05, 3.63) is 35.9 Å². The lowest BCUT2D eigenvalue weighted by Crippen LogP contribution is -2.28. The highest BCUT2D eigenvalue weighted by Crippen LogP contribution is 2.16. The molecule has 5 nitrogen and oxygen atoms in total. The van der Waals surface area contributed by atoms with E-state index in [9.17, 15) is 4.21 Å². The summed E-state index contributed by atoms with van der Waals surface area (Å²) in [6.45, 7) is 0.748. The van der Waals surface area contributed by atoms with Crippen molar-refractivity contribution in [3.8, 4) is 0 Å². The Balaban J connectivity index is 2.57. The van der Waals surface area contributed by atoms with Crippen molar-refractivity contribution >= 4 is 16.6 Å². The average Bonchev–Trinajstić information content (AvgIpc) is 2.42. The highest BCUT2D eigenvalue weighted by atomic mass is 32.2. The molecular formula is C13H21N3O2S. The normalized spacial score (nSPS) is 15.1. The van der Waals surface area contributed by atoms with Crippen LogP contribution in [0.2, 0.25) is 0 Å². The predicted molar refractivity (Wildman–Crippen MR) is 78.8 cm³/mol. The summed E-state index contributed by atoms with van der Waals surface area (Å²) in [5, 5.41) is 15.0. The van der Waals surface area contributed by atoms with E-state index in [1.807, 2.05) is 30.3 Å². The van der Waals surface area contributed by atoms with E-state index in [-0.39, 0.29) is 11.9 Å². The first kappa shape index (κ1) is 15.7. The van der Waals surface area contributed by atoms with E-state index in [1.165, 1.54) is 0 Å². The van der Waals surface area contributed by atoms with Gasteiger partial charge in [0.05, 0.1) is 0 Å². The molecule has 0 aliphatic rings. The Bertz CT molecular complexity index is 423. The van der Waals surface area contributed by atoms with Gasteiger partial charge in [-0.05, 0) is 18.5 Å². The lowest BCUT2D eigenvalue weighted by Gasteiger charge is -2.18. The summed E-state index contributed by atoms with van der Waals surface area (Å²) >= 11 is 0. The third-order valence-electron chi connectivity index (χ3n) is 2.74. The van der Waals surface area contributed by atoms with Crippen LogP contribution in [0.5, 0.6) is 0 Å². The van der Waals surface area contributed by atoms with Gasteiger partial charge in [-0.3, -0.25) is 4.21 Å². The fourth-order valence-electron chi connectivity index (χ4n) is 1.79. The van der Waals surface area contributed by atoms with E-state index >= 15 is 0 Å². The fourth-order valence-corrected chi connectivity index (χ4v) is 2.35. The van der Waals surface area contributed by atoms with Crippen LogP contribution in [-0.2, 0) is 10.8 Å². The molecule has 0 fully saturated rings. The Kier molecular flexibility index (Phi) is 7.14. The van der Waals surface area contributed by atoms with Gasteiger partial charge < -0.3 is 16.3 Å². The largest absolute Gasteiger partial charge is 0.409 e. The van der Waals surface area contributed by atoms with E-state index in [0.29, 0.717) is 12.2 Å². The quantitative estimate of drug-likeness (QED) is 0.220. The van der Waals surface area contributed by atoms with Crippen LogP contribution in [0.25, 0.3) is 0 Å². The molecule has 0 aliphatic carbocycles. The van der Waals surface area contributed by atoms with Crippen molar-refractivity contribution in [2.75, 3.05) is 18.6 Å². The summed E-state index contributed by atoms with van der Waals surface area (Å²) in [7, 11) is -0.766. The Morgan fingerprint density at radius 1 is 1.47 bits per heavy atom. The van der Waals surface area contributed by atoms with E-state index in [4.69, 9.17) is 10.9 Å². The van der Waals surface area contributed by atoms with Crippen LogP contribution < -0.4 is 11.1 Å². The zero-order valence-corrected chi connectivity index (χ0v) is 11.9. The Hall–Kier alpha value is -1.40. The monoisotopic (exact) mass is 283 g/mol. The molecule has 2 atom stereocenters. The molecule has 0 saturated carbocycles. The molecule has 0 saturated heterocycles. The smallest absolute Gasteiger partial charge is 0.141 e. The molecule has 0 radical (unpaired) electrons. The molecule has 0 spiro atoms. The Labute approximate surface area is 116 Å².